The number of halogens is 2. The number of hydrogen-bond acceptors (Lipinski definition) is 4. The Morgan fingerprint density at radius 2 is 1.75 bits per heavy atom. The number of carbonyl (C=O) groups excluding carboxylic acids is 2. The molecule has 6 nitrogen and oxygen atoms in total. The van der Waals surface area contributed by atoms with Gasteiger partial charge in [0.1, 0.15) is 5.75 Å². The first kappa shape index (κ1) is 24.1. The largest absolute Gasteiger partial charge is 0.479 e. The van der Waals surface area contributed by atoms with Gasteiger partial charge in [-0.15, -0.1) is 0 Å². The summed E-state index contributed by atoms with van der Waals surface area (Å²) in [6.07, 6.45) is 4.57. The van der Waals surface area contributed by atoms with Gasteiger partial charge in [0.15, 0.2) is 6.10 Å². The number of hydrogen-bond donors (Lipinski definition) is 2. The summed E-state index contributed by atoms with van der Waals surface area (Å²) in [7, 11) is 0. The van der Waals surface area contributed by atoms with E-state index in [2.05, 4.69) is 15.8 Å². The zero-order chi connectivity index (χ0) is 23.1. The summed E-state index contributed by atoms with van der Waals surface area (Å²) in [4.78, 5) is 24.7. The Morgan fingerprint density at radius 3 is 2.41 bits per heavy atom. The molecule has 1 fully saturated rings. The summed E-state index contributed by atoms with van der Waals surface area (Å²) in [6, 6.07) is 12.2. The zero-order valence-corrected chi connectivity index (χ0v) is 19.7. The molecule has 1 aliphatic rings. The maximum atomic E-state index is 12.4. The zero-order valence-electron chi connectivity index (χ0n) is 18.2. The van der Waals surface area contributed by atoms with Gasteiger partial charge >= 0.3 is 0 Å². The second kappa shape index (κ2) is 11.3. The predicted molar refractivity (Wildman–Crippen MR) is 129 cm³/mol. The minimum atomic E-state index is -0.803. The molecule has 3 rings (SSSR count). The Hall–Kier alpha value is -2.57. The molecule has 0 aliphatic heterocycles. The highest BCUT2D eigenvalue weighted by atomic mass is 35.5. The summed E-state index contributed by atoms with van der Waals surface area (Å²) in [5.74, 6) is 0.149. The lowest BCUT2D eigenvalue weighted by atomic mass is 9.88. The Bertz CT molecular complexity index is 986. The molecule has 0 heterocycles. The highest BCUT2D eigenvalue weighted by Crippen LogP contribution is 2.28. The molecule has 0 radical (unpaired) electrons. The Kier molecular flexibility index (Phi) is 8.53. The Balaban J connectivity index is 1.53. The summed E-state index contributed by atoms with van der Waals surface area (Å²) < 4.78 is 5.59. The van der Waals surface area contributed by atoms with Crippen molar-refractivity contribution in [3.05, 3.63) is 58.1 Å². The van der Waals surface area contributed by atoms with Gasteiger partial charge in [0.2, 0.25) is 5.91 Å². The first-order valence-electron chi connectivity index (χ1n) is 10.7. The number of anilines is 1. The van der Waals surface area contributed by atoms with E-state index < -0.39 is 12.0 Å². The fraction of sp³-hybridized carbons (Fsp3) is 0.375. The van der Waals surface area contributed by atoms with Crippen molar-refractivity contribution in [3.63, 3.8) is 0 Å². The monoisotopic (exact) mass is 475 g/mol. The Morgan fingerprint density at radius 1 is 1.06 bits per heavy atom. The third-order valence-corrected chi connectivity index (χ3v) is 5.98. The third kappa shape index (κ3) is 6.71. The fourth-order valence-corrected chi connectivity index (χ4v) is 3.97. The molecule has 1 atom stereocenters. The second-order valence-corrected chi connectivity index (χ2v) is 8.75. The number of amides is 2. The molecule has 0 aromatic heterocycles. The van der Waals surface area contributed by atoms with Crippen molar-refractivity contribution in [2.75, 3.05) is 5.32 Å². The van der Waals surface area contributed by atoms with Gasteiger partial charge in [-0.2, -0.15) is 5.10 Å². The van der Waals surface area contributed by atoms with Crippen molar-refractivity contribution < 1.29 is 14.3 Å². The van der Waals surface area contributed by atoms with Gasteiger partial charge in [0.25, 0.3) is 5.91 Å². The predicted octanol–water partition coefficient (Wildman–Crippen LogP) is 5.82. The number of ether oxygens (including phenoxy) is 1. The maximum absolute atomic E-state index is 12.4. The summed E-state index contributed by atoms with van der Waals surface area (Å²) in [6.45, 7) is 3.40. The highest BCUT2D eigenvalue weighted by Gasteiger charge is 2.21. The lowest BCUT2D eigenvalue weighted by Crippen LogP contribution is -2.34. The van der Waals surface area contributed by atoms with Crippen molar-refractivity contribution >= 4 is 46.4 Å². The van der Waals surface area contributed by atoms with Crippen LogP contribution >= 0.6 is 23.2 Å². The summed E-state index contributed by atoms with van der Waals surface area (Å²) in [5.41, 5.74) is 4.71. The number of rotatable bonds is 7. The lowest BCUT2D eigenvalue weighted by Gasteiger charge is -2.20. The molecule has 1 aliphatic carbocycles. The van der Waals surface area contributed by atoms with Gasteiger partial charge in [-0.3, -0.25) is 9.59 Å². The van der Waals surface area contributed by atoms with Gasteiger partial charge in [-0.1, -0.05) is 54.6 Å². The van der Waals surface area contributed by atoms with E-state index in [1.807, 2.05) is 24.3 Å². The topological polar surface area (TPSA) is 79.8 Å². The van der Waals surface area contributed by atoms with Gasteiger partial charge in [0, 0.05) is 16.6 Å². The van der Waals surface area contributed by atoms with Crippen LogP contribution in [0, 0.1) is 5.92 Å². The molecule has 170 valence electrons. The SMILES string of the molecule is CC(=NNC(=O)C(C)Oc1ccc(Cl)cc1Cl)c1ccc(NC(=O)C2CCCCC2)cc1. The lowest BCUT2D eigenvalue weighted by molar-refractivity contribution is -0.127. The molecule has 0 spiro atoms. The van der Waals surface area contributed by atoms with Gasteiger partial charge in [-0.05, 0) is 62.6 Å². The molecule has 8 heteroatoms. The van der Waals surface area contributed by atoms with Crippen molar-refractivity contribution in [1.82, 2.24) is 5.43 Å². The normalized spacial score (nSPS) is 15.7. The van der Waals surface area contributed by atoms with Crippen LogP contribution in [0.5, 0.6) is 5.75 Å². The van der Waals surface area contributed by atoms with Crippen LogP contribution in [-0.2, 0) is 9.59 Å². The molecular weight excluding hydrogens is 449 g/mol. The highest BCUT2D eigenvalue weighted by molar-refractivity contribution is 6.35. The van der Waals surface area contributed by atoms with Crippen molar-refractivity contribution in [2.24, 2.45) is 11.0 Å². The van der Waals surface area contributed by atoms with Crippen molar-refractivity contribution in [2.45, 2.75) is 52.1 Å². The molecule has 0 bridgehead atoms. The van der Waals surface area contributed by atoms with E-state index >= 15 is 0 Å². The van der Waals surface area contributed by atoms with Crippen LogP contribution in [0.4, 0.5) is 5.69 Å². The van der Waals surface area contributed by atoms with Gasteiger partial charge < -0.3 is 10.1 Å². The number of nitrogens with zero attached hydrogens (tertiary/aromatic N) is 1. The minimum absolute atomic E-state index is 0.0879. The Labute approximate surface area is 198 Å². The summed E-state index contributed by atoms with van der Waals surface area (Å²) >= 11 is 12.0. The van der Waals surface area contributed by atoms with Gasteiger partial charge in [-0.25, -0.2) is 5.43 Å². The summed E-state index contributed by atoms with van der Waals surface area (Å²) in [5, 5.41) is 7.96. The van der Waals surface area contributed by atoms with Crippen LogP contribution in [0.25, 0.3) is 0 Å². The van der Waals surface area contributed by atoms with Crippen LogP contribution in [-0.4, -0.2) is 23.6 Å². The van der Waals surface area contributed by atoms with Crippen LogP contribution in [0.15, 0.2) is 47.6 Å². The van der Waals surface area contributed by atoms with Crippen LogP contribution in [0.3, 0.4) is 0 Å². The molecule has 2 aromatic carbocycles. The van der Waals surface area contributed by atoms with Crippen molar-refractivity contribution in [1.29, 1.82) is 0 Å². The number of benzene rings is 2. The molecule has 32 heavy (non-hydrogen) atoms. The van der Waals surface area contributed by atoms with E-state index in [1.165, 1.54) is 6.42 Å². The number of carbonyl (C=O) groups is 2. The van der Waals surface area contributed by atoms with Crippen LogP contribution < -0.4 is 15.5 Å². The molecule has 2 N–H and O–H groups in total. The van der Waals surface area contributed by atoms with E-state index in [1.54, 1.807) is 32.0 Å². The first-order chi connectivity index (χ1) is 15.3. The van der Waals surface area contributed by atoms with E-state index in [9.17, 15) is 9.59 Å². The smallest absolute Gasteiger partial charge is 0.280 e. The first-order valence-corrected chi connectivity index (χ1v) is 11.5. The molecule has 2 amide bonds. The maximum Gasteiger partial charge on any atom is 0.280 e. The van der Waals surface area contributed by atoms with E-state index in [4.69, 9.17) is 27.9 Å². The van der Waals surface area contributed by atoms with Gasteiger partial charge in [0.05, 0.1) is 10.7 Å². The average molecular weight is 476 g/mol. The molecule has 1 saturated carbocycles. The molecular formula is C24H27Cl2N3O3. The van der Waals surface area contributed by atoms with Crippen LogP contribution in [0.1, 0.15) is 51.5 Å². The minimum Gasteiger partial charge on any atom is -0.479 e. The quantitative estimate of drug-likeness (QED) is 0.390. The average Bonchev–Trinajstić information content (AvgIpc) is 2.80. The number of hydrazone groups is 1. The molecule has 1 unspecified atom stereocenters. The third-order valence-electron chi connectivity index (χ3n) is 5.45. The standard InChI is InChI=1S/C24H27Cl2N3O3/c1-15(28-29-23(30)16(2)32-22-13-10-19(25)14-21(22)26)17-8-11-20(12-9-17)27-24(31)18-6-4-3-5-7-18/h8-14,16,18H,3-7H2,1-2H3,(H,27,31)(H,29,30). The van der Waals surface area contributed by atoms with Crippen molar-refractivity contribution in [3.8, 4) is 5.75 Å². The number of nitrogens with one attached hydrogen (secondary N) is 2. The fourth-order valence-electron chi connectivity index (χ4n) is 3.51. The van der Waals surface area contributed by atoms with E-state index in [0.29, 0.717) is 21.5 Å². The molecule has 0 saturated heterocycles. The second-order valence-electron chi connectivity index (χ2n) is 7.91. The molecule has 2 aromatic rings. The van der Waals surface area contributed by atoms with E-state index in [0.717, 1.165) is 36.9 Å². The van der Waals surface area contributed by atoms with Crippen LogP contribution in [0.2, 0.25) is 10.0 Å². The van der Waals surface area contributed by atoms with E-state index in [-0.39, 0.29) is 11.8 Å².